The molecule has 0 atom stereocenters. The monoisotopic (exact) mass is 731 g/mol. The van der Waals surface area contributed by atoms with Gasteiger partial charge in [-0.3, -0.25) is 0 Å². The predicted octanol–water partition coefficient (Wildman–Crippen LogP) is 13.9. The lowest BCUT2D eigenvalue weighted by Crippen LogP contribution is -2.00. The second-order valence-corrected chi connectivity index (χ2v) is 14.3. The van der Waals surface area contributed by atoms with Gasteiger partial charge in [-0.1, -0.05) is 133 Å². The lowest BCUT2D eigenvalue weighted by molar-refractivity contribution is 0.668. The molecule has 4 heterocycles. The molecule has 0 bridgehead atoms. The van der Waals surface area contributed by atoms with Crippen LogP contribution in [-0.2, 0) is 0 Å². The largest absolute Gasteiger partial charge is 0.456 e. The lowest BCUT2D eigenvalue weighted by Gasteiger charge is -2.11. The molecule has 12 rings (SSSR count). The molecule has 12 aromatic rings. The minimum Gasteiger partial charge on any atom is -0.456 e. The maximum atomic E-state index is 6.68. The Morgan fingerprint density at radius 3 is 1.58 bits per heavy atom. The molecule has 266 valence electrons. The van der Waals surface area contributed by atoms with Gasteiger partial charge in [-0.25, -0.2) is 15.0 Å². The number of rotatable bonds is 5. The van der Waals surface area contributed by atoms with Crippen LogP contribution in [0.2, 0.25) is 0 Å². The fourth-order valence-corrected chi connectivity index (χ4v) is 8.29. The van der Waals surface area contributed by atoms with Crippen LogP contribution in [0.1, 0.15) is 0 Å². The fraction of sp³-hybridized carbons (Fsp3) is 0. The van der Waals surface area contributed by atoms with Gasteiger partial charge in [-0.05, 0) is 59.2 Å². The average Bonchev–Trinajstić information content (AvgIpc) is 3.98. The van der Waals surface area contributed by atoms with E-state index < -0.39 is 0 Å². The summed E-state index contributed by atoms with van der Waals surface area (Å²) >= 11 is 0. The predicted molar refractivity (Wildman–Crippen MR) is 229 cm³/mol. The van der Waals surface area contributed by atoms with E-state index in [0.29, 0.717) is 17.5 Å². The van der Waals surface area contributed by atoms with Crippen LogP contribution in [0, 0.1) is 0 Å². The van der Waals surface area contributed by atoms with Gasteiger partial charge in [-0.2, -0.15) is 0 Å². The highest BCUT2D eigenvalue weighted by atomic mass is 16.3. The van der Waals surface area contributed by atoms with Crippen molar-refractivity contribution in [3.05, 3.63) is 176 Å². The number of nitrogens with zero attached hydrogens (tertiary/aromatic N) is 3. The average molecular weight is 732 g/mol. The summed E-state index contributed by atoms with van der Waals surface area (Å²) in [5, 5.41) is 6.33. The molecule has 6 nitrogen and oxygen atoms in total. The van der Waals surface area contributed by atoms with Crippen molar-refractivity contribution < 1.29 is 13.3 Å². The van der Waals surface area contributed by atoms with E-state index in [0.717, 1.165) is 105 Å². The molecule has 57 heavy (non-hydrogen) atoms. The minimum atomic E-state index is 0.587. The van der Waals surface area contributed by atoms with Gasteiger partial charge >= 0.3 is 0 Å². The first-order chi connectivity index (χ1) is 28.2. The second-order valence-electron chi connectivity index (χ2n) is 14.3. The third-order valence-electron chi connectivity index (χ3n) is 11.0. The summed E-state index contributed by atoms with van der Waals surface area (Å²) in [5.41, 5.74) is 12.0. The molecule has 0 saturated heterocycles. The van der Waals surface area contributed by atoms with E-state index in [4.69, 9.17) is 28.2 Å². The van der Waals surface area contributed by atoms with Crippen LogP contribution >= 0.6 is 0 Å². The highest BCUT2D eigenvalue weighted by Crippen LogP contribution is 2.43. The fourth-order valence-electron chi connectivity index (χ4n) is 8.29. The Morgan fingerprint density at radius 2 is 0.807 bits per heavy atom. The van der Waals surface area contributed by atoms with Crippen molar-refractivity contribution in [2.24, 2.45) is 0 Å². The van der Waals surface area contributed by atoms with E-state index in [1.807, 2.05) is 91.0 Å². The molecule has 0 radical (unpaired) electrons. The summed E-state index contributed by atoms with van der Waals surface area (Å²) in [4.78, 5) is 15.2. The number of hydrogen-bond donors (Lipinski definition) is 0. The van der Waals surface area contributed by atoms with Gasteiger partial charge in [0.05, 0.1) is 0 Å². The molecule has 0 aliphatic carbocycles. The molecule has 0 aliphatic rings. The first kappa shape index (κ1) is 31.5. The molecule has 8 aromatic carbocycles. The SMILES string of the molecule is c1ccc(-c2nc(-c3ccc(-c4ccc(-c5ccc6oc7ccccc7c6c5)c5oc6ccccc6c45)cc3)nc(-c3cccc4oc5ccccc5c34)n2)cc1. The Hall–Kier alpha value is -7.83. The third-order valence-corrected chi connectivity index (χ3v) is 11.0. The highest BCUT2D eigenvalue weighted by molar-refractivity contribution is 6.17. The summed E-state index contributed by atoms with van der Waals surface area (Å²) in [6.07, 6.45) is 0. The maximum Gasteiger partial charge on any atom is 0.164 e. The van der Waals surface area contributed by atoms with Gasteiger partial charge in [0.25, 0.3) is 0 Å². The lowest BCUT2D eigenvalue weighted by atomic mass is 9.93. The first-order valence-corrected chi connectivity index (χ1v) is 18.9. The summed E-state index contributed by atoms with van der Waals surface area (Å²) < 4.78 is 19.1. The maximum absolute atomic E-state index is 6.68. The van der Waals surface area contributed by atoms with Gasteiger partial charge in [0.2, 0.25) is 0 Å². The van der Waals surface area contributed by atoms with Gasteiger partial charge in [0, 0.05) is 54.6 Å². The number of aromatic nitrogens is 3. The minimum absolute atomic E-state index is 0.587. The summed E-state index contributed by atoms with van der Waals surface area (Å²) in [6, 6.07) is 59.8. The van der Waals surface area contributed by atoms with Crippen LogP contribution in [0.3, 0.4) is 0 Å². The Labute approximate surface area is 325 Å². The molecule has 0 amide bonds. The van der Waals surface area contributed by atoms with E-state index in [1.54, 1.807) is 0 Å². The molecule has 0 fully saturated rings. The topological polar surface area (TPSA) is 78.1 Å². The van der Waals surface area contributed by atoms with Gasteiger partial charge < -0.3 is 13.3 Å². The van der Waals surface area contributed by atoms with E-state index in [1.165, 1.54) is 0 Å². The quantitative estimate of drug-likeness (QED) is 0.175. The van der Waals surface area contributed by atoms with Gasteiger partial charge in [-0.15, -0.1) is 0 Å². The standard InChI is InChI=1S/C51H29N3O3/c1-2-11-31(12-3-1)49-52-50(54-51(53-49)39-16-10-20-45-46(39)37-14-5-8-18-42(37)56-45)32-23-21-30(22-24-32)34-26-27-35(48-47(34)38-15-6-9-19-43(38)57-48)33-25-28-44-40(29-33)36-13-4-7-17-41(36)55-44/h1-29H. The molecular weight excluding hydrogens is 703 g/mol. The Kier molecular flexibility index (Phi) is 6.83. The van der Waals surface area contributed by atoms with Crippen molar-refractivity contribution in [1.82, 2.24) is 15.0 Å². The Balaban J connectivity index is 0.999. The number of furan rings is 3. The molecular formula is C51H29N3O3. The van der Waals surface area contributed by atoms with E-state index in [-0.39, 0.29) is 0 Å². The van der Waals surface area contributed by atoms with Crippen LogP contribution < -0.4 is 0 Å². The Morgan fingerprint density at radius 1 is 0.281 bits per heavy atom. The summed E-state index contributed by atoms with van der Waals surface area (Å²) in [7, 11) is 0. The number of hydrogen-bond acceptors (Lipinski definition) is 6. The van der Waals surface area contributed by atoms with Crippen molar-refractivity contribution in [3.8, 4) is 56.4 Å². The van der Waals surface area contributed by atoms with Crippen LogP contribution in [-0.4, -0.2) is 15.0 Å². The van der Waals surface area contributed by atoms with Crippen LogP contribution in [0.15, 0.2) is 189 Å². The number of benzene rings is 8. The van der Waals surface area contributed by atoms with Crippen molar-refractivity contribution in [1.29, 1.82) is 0 Å². The van der Waals surface area contributed by atoms with Crippen molar-refractivity contribution >= 4 is 65.8 Å². The van der Waals surface area contributed by atoms with Gasteiger partial charge in [0.1, 0.15) is 33.5 Å². The van der Waals surface area contributed by atoms with E-state index in [9.17, 15) is 0 Å². The highest BCUT2D eigenvalue weighted by Gasteiger charge is 2.20. The van der Waals surface area contributed by atoms with Crippen LogP contribution in [0.5, 0.6) is 0 Å². The molecule has 6 heteroatoms. The second kappa shape index (κ2) is 12.3. The zero-order chi connectivity index (χ0) is 37.5. The molecule has 0 aliphatic heterocycles. The van der Waals surface area contributed by atoms with E-state index >= 15 is 0 Å². The smallest absolute Gasteiger partial charge is 0.164 e. The normalized spacial score (nSPS) is 11.9. The molecule has 4 aromatic heterocycles. The molecule has 0 unspecified atom stereocenters. The first-order valence-electron chi connectivity index (χ1n) is 18.9. The zero-order valence-corrected chi connectivity index (χ0v) is 30.3. The summed E-state index contributed by atoms with van der Waals surface area (Å²) in [6.45, 7) is 0. The van der Waals surface area contributed by atoms with Crippen molar-refractivity contribution in [2.45, 2.75) is 0 Å². The molecule has 0 spiro atoms. The zero-order valence-electron chi connectivity index (χ0n) is 30.3. The Bertz CT molecular complexity index is 3520. The van der Waals surface area contributed by atoms with Crippen molar-refractivity contribution in [3.63, 3.8) is 0 Å². The third kappa shape index (κ3) is 5.01. The van der Waals surface area contributed by atoms with E-state index in [2.05, 4.69) is 84.9 Å². The van der Waals surface area contributed by atoms with Gasteiger partial charge in [0.15, 0.2) is 17.5 Å². The number of fused-ring (bicyclic) bond motifs is 9. The number of para-hydroxylation sites is 3. The molecule has 0 N–H and O–H groups in total. The van der Waals surface area contributed by atoms with Crippen molar-refractivity contribution in [2.75, 3.05) is 0 Å². The molecule has 0 saturated carbocycles. The summed E-state index contributed by atoms with van der Waals surface area (Å²) in [5.74, 6) is 1.78. The van der Waals surface area contributed by atoms with Crippen LogP contribution in [0.4, 0.5) is 0 Å². The van der Waals surface area contributed by atoms with Crippen LogP contribution in [0.25, 0.3) is 122 Å².